The molecule has 1 aliphatic heterocycles. The molecule has 20 heavy (non-hydrogen) atoms. The van der Waals surface area contributed by atoms with E-state index in [4.69, 9.17) is 11.6 Å². The molecule has 108 valence electrons. The highest BCUT2D eigenvalue weighted by molar-refractivity contribution is 6.31. The third-order valence-electron chi connectivity index (χ3n) is 3.32. The highest BCUT2D eigenvalue weighted by atomic mass is 35.5. The second-order valence-corrected chi connectivity index (χ2v) is 5.78. The van der Waals surface area contributed by atoms with Gasteiger partial charge in [-0.3, -0.25) is 14.5 Å². The van der Waals surface area contributed by atoms with Crippen LogP contribution in [0, 0.1) is 5.82 Å². The van der Waals surface area contributed by atoms with Crippen LogP contribution in [0.5, 0.6) is 0 Å². The SMILES string of the molecule is CCC1C(=O)NC(C)(C)C(=O)N1c1cc(F)cc(Cl)c1. The van der Waals surface area contributed by atoms with E-state index in [-0.39, 0.29) is 16.8 Å². The van der Waals surface area contributed by atoms with Crippen molar-refractivity contribution in [3.8, 4) is 0 Å². The Morgan fingerprint density at radius 3 is 2.55 bits per heavy atom. The first-order chi connectivity index (χ1) is 9.26. The molecule has 1 atom stereocenters. The van der Waals surface area contributed by atoms with Gasteiger partial charge in [-0.15, -0.1) is 0 Å². The van der Waals surface area contributed by atoms with E-state index in [0.29, 0.717) is 12.1 Å². The number of carbonyl (C=O) groups excluding carboxylic acids is 2. The smallest absolute Gasteiger partial charge is 0.252 e. The van der Waals surface area contributed by atoms with E-state index in [0.717, 1.165) is 6.07 Å². The molecule has 1 aromatic carbocycles. The predicted molar refractivity (Wildman–Crippen MR) is 75.2 cm³/mol. The zero-order valence-electron chi connectivity index (χ0n) is 11.5. The molecule has 0 spiro atoms. The van der Waals surface area contributed by atoms with Gasteiger partial charge in [0.15, 0.2) is 0 Å². The van der Waals surface area contributed by atoms with Gasteiger partial charge in [-0.25, -0.2) is 4.39 Å². The molecule has 2 amide bonds. The predicted octanol–water partition coefficient (Wildman–Crippen LogP) is 2.50. The van der Waals surface area contributed by atoms with Gasteiger partial charge in [-0.05, 0) is 38.5 Å². The number of piperazine rings is 1. The van der Waals surface area contributed by atoms with Crippen LogP contribution in [0.15, 0.2) is 18.2 Å². The van der Waals surface area contributed by atoms with Gasteiger partial charge in [-0.2, -0.15) is 0 Å². The molecule has 2 rings (SSSR count). The fourth-order valence-corrected chi connectivity index (χ4v) is 2.56. The summed E-state index contributed by atoms with van der Waals surface area (Å²) in [6.45, 7) is 5.03. The van der Waals surface area contributed by atoms with Crippen molar-refractivity contribution in [3.63, 3.8) is 0 Å². The van der Waals surface area contributed by atoms with Crippen molar-refractivity contribution in [2.45, 2.75) is 38.8 Å². The monoisotopic (exact) mass is 298 g/mol. The third kappa shape index (κ3) is 2.50. The molecule has 1 aromatic rings. The van der Waals surface area contributed by atoms with E-state index in [9.17, 15) is 14.0 Å². The minimum Gasteiger partial charge on any atom is -0.340 e. The van der Waals surface area contributed by atoms with Crippen molar-refractivity contribution in [1.29, 1.82) is 0 Å². The maximum Gasteiger partial charge on any atom is 0.252 e. The van der Waals surface area contributed by atoms with E-state index >= 15 is 0 Å². The van der Waals surface area contributed by atoms with Crippen LogP contribution in [-0.2, 0) is 9.59 Å². The van der Waals surface area contributed by atoms with Crippen LogP contribution in [0.1, 0.15) is 27.2 Å². The van der Waals surface area contributed by atoms with Crippen LogP contribution in [0.25, 0.3) is 0 Å². The lowest BCUT2D eigenvalue weighted by molar-refractivity contribution is -0.137. The number of hydrogen-bond donors (Lipinski definition) is 1. The van der Waals surface area contributed by atoms with Crippen molar-refractivity contribution in [1.82, 2.24) is 5.32 Å². The Labute approximate surface area is 121 Å². The van der Waals surface area contributed by atoms with Gasteiger partial charge in [-0.1, -0.05) is 18.5 Å². The first-order valence-electron chi connectivity index (χ1n) is 6.38. The van der Waals surface area contributed by atoms with Crippen molar-refractivity contribution in [2.24, 2.45) is 0 Å². The normalized spacial score (nSPS) is 21.9. The van der Waals surface area contributed by atoms with E-state index < -0.39 is 17.4 Å². The minimum atomic E-state index is -1.03. The molecule has 6 heteroatoms. The maximum absolute atomic E-state index is 13.5. The van der Waals surface area contributed by atoms with Crippen LogP contribution in [0.2, 0.25) is 5.02 Å². The van der Waals surface area contributed by atoms with Gasteiger partial charge in [0.2, 0.25) is 5.91 Å². The molecule has 1 fully saturated rings. The Kier molecular flexibility index (Phi) is 3.73. The molecule has 1 unspecified atom stereocenters. The summed E-state index contributed by atoms with van der Waals surface area (Å²) in [6, 6.07) is 3.19. The van der Waals surface area contributed by atoms with Crippen LogP contribution in [0.4, 0.5) is 10.1 Å². The Morgan fingerprint density at radius 2 is 2.00 bits per heavy atom. The Morgan fingerprint density at radius 1 is 1.35 bits per heavy atom. The number of amides is 2. The van der Waals surface area contributed by atoms with E-state index in [1.54, 1.807) is 20.8 Å². The number of nitrogens with one attached hydrogen (secondary N) is 1. The second-order valence-electron chi connectivity index (χ2n) is 5.34. The summed E-state index contributed by atoms with van der Waals surface area (Å²) in [5.41, 5.74) is -0.726. The standard InChI is InChI=1S/C14H16ClFN2O2/c1-4-11-12(19)17-14(2,3)13(20)18(11)10-6-8(15)5-9(16)7-10/h5-7,11H,4H2,1-3H3,(H,17,19). The van der Waals surface area contributed by atoms with Crippen LogP contribution in [-0.4, -0.2) is 23.4 Å². The average molecular weight is 299 g/mol. The molecule has 4 nitrogen and oxygen atoms in total. The van der Waals surface area contributed by atoms with Crippen molar-refractivity contribution in [3.05, 3.63) is 29.0 Å². The topological polar surface area (TPSA) is 49.4 Å². The van der Waals surface area contributed by atoms with E-state index in [1.165, 1.54) is 17.0 Å². The van der Waals surface area contributed by atoms with Gasteiger partial charge < -0.3 is 5.32 Å². The molecule has 1 aliphatic rings. The summed E-state index contributed by atoms with van der Waals surface area (Å²) in [4.78, 5) is 26.0. The summed E-state index contributed by atoms with van der Waals surface area (Å²) in [6.07, 6.45) is 0.432. The number of benzene rings is 1. The fraction of sp³-hybridized carbons (Fsp3) is 0.429. The first kappa shape index (κ1) is 14.8. The van der Waals surface area contributed by atoms with Crippen molar-refractivity contribution in [2.75, 3.05) is 4.90 Å². The van der Waals surface area contributed by atoms with Crippen molar-refractivity contribution >= 4 is 29.1 Å². The summed E-state index contributed by atoms with van der Waals surface area (Å²) < 4.78 is 13.5. The molecule has 1 heterocycles. The molecule has 1 N–H and O–H groups in total. The zero-order valence-corrected chi connectivity index (χ0v) is 12.3. The van der Waals surface area contributed by atoms with Crippen LogP contribution in [0.3, 0.4) is 0 Å². The molecule has 0 saturated carbocycles. The Hall–Kier alpha value is -1.62. The maximum atomic E-state index is 13.5. The molecular formula is C14H16ClFN2O2. The zero-order chi connectivity index (χ0) is 15.1. The molecule has 1 saturated heterocycles. The quantitative estimate of drug-likeness (QED) is 0.912. The molecule has 0 bridgehead atoms. The lowest BCUT2D eigenvalue weighted by atomic mass is 9.95. The molecular weight excluding hydrogens is 283 g/mol. The van der Waals surface area contributed by atoms with E-state index in [2.05, 4.69) is 5.32 Å². The highest BCUT2D eigenvalue weighted by Crippen LogP contribution is 2.29. The molecule has 0 aromatic heterocycles. The third-order valence-corrected chi connectivity index (χ3v) is 3.53. The number of halogens is 2. The summed E-state index contributed by atoms with van der Waals surface area (Å²) in [5.74, 6) is -1.08. The van der Waals surface area contributed by atoms with Gasteiger partial charge >= 0.3 is 0 Å². The number of nitrogens with zero attached hydrogens (tertiary/aromatic N) is 1. The molecule has 0 aliphatic carbocycles. The summed E-state index contributed by atoms with van der Waals surface area (Å²) in [5, 5.41) is 2.87. The first-order valence-corrected chi connectivity index (χ1v) is 6.76. The average Bonchev–Trinajstić information content (AvgIpc) is 2.31. The molecule has 0 radical (unpaired) electrons. The minimum absolute atomic E-state index is 0.187. The van der Waals surface area contributed by atoms with Gasteiger partial charge in [0.1, 0.15) is 17.4 Å². The fourth-order valence-electron chi connectivity index (χ4n) is 2.35. The number of anilines is 1. The number of rotatable bonds is 2. The summed E-state index contributed by atoms with van der Waals surface area (Å²) in [7, 11) is 0. The van der Waals surface area contributed by atoms with Crippen LogP contribution < -0.4 is 10.2 Å². The summed E-state index contributed by atoms with van der Waals surface area (Å²) >= 11 is 5.84. The van der Waals surface area contributed by atoms with Crippen LogP contribution >= 0.6 is 11.6 Å². The number of carbonyl (C=O) groups is 2. The second kappa shape index (κ2) is 5.05. The lowest BCUT2D eigenvalue weighted by Gasteiger charge is -2.42. The Bertz CT molecular complexity index is 554. The van der Waals surface area contributed by atoms with Gasteiger partial charge in [0.05, 0.1) is 0 Å². The van der Waals surface area contributed by atoms with Gasteiger partial charge in [0, 0.05) is 10.7 Å². The lowest BCUT2D eigenvalue weighted by Crippen LogP contribution is -2.68. The number of hydrogen-bond acceptors (Lipinski definition) is 2. The van der Waals surface area contributed by atoms with E-state index in [1.807, 2.05) is 0 Å². The highest BCUT2D eigenvalue weighted by Gasteiger charge is 2.45. The van der Waals surface area contributed by atoms with Gasteiger partial charge in [0.25, 0.3) is 5.91 Å². The largest absolute Gasteiger partial charge is 0.340 e. The Balaban J connectivity index is 2.53. The van der Waals surface area contributed by atoms with Crippen molar-refractivity contribution < 1.29 is 14.0 Å².